The van der Waals surface area contributed by atoms with Crippen molar-refractivity contribution < 1.29 is 22.8 Å². The third kappa shape index (κ3) is 5.31. The Morgan fingerprint density at radius 2 is 1.81 bits per heavy atom. The van der Waals surface area contributed by atoms with Crippen LogP contribution in [0, 0.1) is 6.92 Å². The fraction of sp³-hybridized carbons (Fsp3) is 0.429. The summed E-state index contributed by atoms with van der Waals surface area (Å²) in [6, 6.07) is 5.45. The van der Waals surface area contributed by atoms with Crippen molar-refractivity contribution in [1.82, 2.24) is 20.2 Å². The number of carbonyl (C=O) groups excluding carboxylic acids is 2. The zero-order valence-electron chi connectivity index (χ0n) is 17.5. The molecule has 1 fully saturated rings. The molecule has 10 heteroatoms. The van der Waals surface area contributed by atoms with E-state index in [0.717, 1.165) is 12.3 Å². The molecule has 0 spiro atoms. The van der Waals surface area contributed by atoms with Gasteiger partial charge in [0.1, 0.15) is 11.5 Å². The highest BCUT2D eigenvalue weighted by atomic mass is 19.4. The van der Waals surface area contributed by atoms with E-state index in [1.54, 1.807) is 27.1 Å². The molecule has 0 aliphatic carbocycles. The van der Waals surface area contributed by atoms with Gasteiger partial charge in [0.05, 0.1) is 16.8 Å². The van der Waals surface area contributed by atoms with Crippen molar-refractivity contribution >= 4 is 17.6 Å². The number of aryl methyl sites for hydroxylation is 1. The third-order valence-corrected chi connectivity index (χ3v) is 5.19. The monoisotopic (exact) mass is 435 g/mol. The number of nitrogens with zero attached hydrogens (tertiary/aromatic N) is 4. The fourth-order valence-electron chi connectivity index (χ4n) is 3.41. The molecule has 1 aliphatic rings. The Morgan fingerprint density at radius 3 is 2.32 bits per heavy atom. The molecule has 2 aromatic heterocycles. The molecule has 1 saturated heterocycles. The lowest BCUT2D eigenvalue weighted by atomic mass is 10.0. The number of hydrogen-bond donors (Lipinski definition) is 1. The van der Waals surface area contributed by atoms with Crippen LogP contribution in [0.1, 0.15) is 44.9 Å². The molecule has 0 saturated carbocycles. The van der Waals surface area contributed by atoms with E-state index in [0.29, 0.717) is 43.0 Å². The first-order valence-corrected chi connectivity index (χ1v) is 9.84. The molecule has 0 bridgehead atoms. The molecular weight excluding hydrogens is 411 g/mol. The Balaban J connectivity index is 1.57. The molecule has 0 radical (unpaired) electrons. The van der Waals surface area contributed by atoms with Crippen molar-refractivity contribution in [3.05, 3.63) is 53.0 Å². The zero-order valence-corrected chi connectivity index (χ0v) is 17.5. The lowest BCUT2D eigenvalue weighted by Gasteiger charge is -2.33. The van der Waals surface area contributed by atoms with Gasteiger partial charge >= 0.3 is 6.18 Å². The van der Waals surface area contributed by atoms with Crippen LogP contribution < -0.4 is 10.2 Å². The third-order valence-electron chi connectivity index (χ3n) is 5.19. The van der Waals surface area contributed by atoms with Crippen molar-refractivity contribution in [2.45, 2.75) is 32.0 Å². The molecule has 2 aromatic rings. The van der Waals surface area contributed by atoms with Crippen LogP contribution in [0.3, 0.4) is 0 Å². The molecule has 0 atom stereocenters. The molecular formula is C21H24F3N5O2. The summed E-state index contributed by atoms with van der Waals surface area (Å²) in [5.74, 6) is -0.0155. The molecule has 3 heterocycles. The van der Waals surface area contributed by atoms with Crippen molar-refractivity contribution in [3.63, 3.8) is 0 Å². The average molecular weight is 435 g/mol. The molecule has 1 aliphatic heterocycles. The highest BCUT2D eigenvalue weighted by Gasteiger charge is 2.31. The maximum Gasteiger partial charge on any atom is 0.417 e. The zero-order chi connectivity index (χ0) is 22.8. The summed E-state index contributed by atoms with van der Waals surface area (Å²) >= 11 is 0. The smallest absolute Gasteiger partial charge is 0.356 e. The van der Waals surface area contributed by atoms with Gasteiger partial charge in [-0.2, -0.15) is 13.2 Å². The number of rotatable bonds is 4. The number of amides is 2. The minimum absolute atomic E-state index is 0.0688. The van der Waals surface area contributed by atoms with Crippen LogP contribution in [0.4, 0.5) is 19.0 Å². The lowest BCUT2D eigenvalue weighted by molar-refractivity contribution is -0.137. The summed E-state index contributed by atoms with van der Waals surface area (Å²) in [7, 11) is 3.26. The summed E-state index contributed by atoms with van der Waals surface area (Å²) < 4.78 is 38.0. The van der Waals surface area contributed by atoms with Gasteiger partial charge in [-0.25, -0.2) is 9.97 Å². The van der Waals surface area contributed by atoms with E-state index in [-0.39, 0.29) is 23.6 Å². The lowest BCUT2D eigenvalue weighted by Crippen LogP contribution is -2.45. The van der Waals surface area contributed by atoms with Crippen LogP contribution in [0.5, 0.6) is 0 Å². The molecule has 0 aromatic carbocycles. The number of anilines is 1. The first-order valence-electron chi connectivity index (χ1n) is 9.84. The number of pyridine rings is 2. The summed E-state index contributed by atoms with van der Waals surface area (Å²) in [5, 5.41) is 2.98. The van der Waals surface area contributed by atoms with Crippen LogP contribution in [-0.2, 0) is 6.18 Å². The van der Waals surface area contributed by atoms with E-state index in [9.17, 15) is 22.8 Å². The predicted molar refractivity (Wildman–Crippen MR) is 109 cm³/mol. The van der Waals surface area contributed by atoms with Gasteiger partial charge in [0.25, 0.3) is 11.8 Å². The van der Waals surface area contributed by atoms with Gasteiger partial charge in [0, 0.05) is 39.4 Å². The van der Waals surface area contributed by atoms with Gasteiger partial charge < -0.3 is 15.1 Å². The maximum absolute atomic E-state index is 12.7. The molecule has 166 valence electrons. The number of halogens is 3. The second-order valence-corrected chi connectivity index (χ2v) is 7.67. The quantitative estimate of drug-likeness (QED) is 0.799. The van der Waals surface area contributed by atoms with Gasteiger partial charge in [-0.3, -0.25) is 9.59 Å². The van der Waals surface area contributed by atoms with E-state index >= 15 is 0 Å². The topological polar surface area (TPSA) is 78.4 Å². The summed E-state index contributed by atoms with van der Waals surface area (Å²) in [4.78, 5) is 36.1. The van der Waals surface area contributed by atoms with Crippen LogP contribution in [0.15, 0.2) is 30.5 Å². The maximum atomic E-state index is 12.7. The van der Waals surface area contributed by atoms with E-state index in [1.165, 1.54) is 17.0 Å². The van der Waals surface area contributed by atoms with Crippen molar-refractivity contribution in [1.29, 1.82) is 0 Å². The van der Waals surface area contributed by atoms with Crippen LogP contribution in [-0.4, -0.2) is 59.9 Å². The number of alkyl halides is 3. The van der Waals surface area contributed by atoms with Crippen LogP contribution in [0.25, 0.3) is 0 Å². The van der Waals surface area contributed by atoms with E-state index in [2.05, 4.69) is 15.3 Å². The number of carbonyl (C=O) groups is 2. The summed E-state index contributed by atoms with van der Waals surface area (Å²) in [6.45, 7) is 2.81. The van der Waals surface area contributed by atoms with Crippen LogP contribution >= 0.6 is 0 Å². The normalized spacial score (nSPS) is 15.0. The molecule has 2 amide bonds. The predicted octanol–water partition coefficient (Wildman–Crippen LogP) is 2.90. The van der Waals surface area contributed by atoms with Gasteiger partial charge in [0.15, 0.2) is 0 Å². The van der Waals surface area contributed by atoms with Gasteiger partial charge in [-0.15, -0.1) is 0 Å². The van der Waals surface area contributed by atoms with E-state index in [1.807, 2.05) is 4.90 Å². The second kappa shape index (κ2) is 8.91. The number of nitrogens with one attached hydrogen (secondary N) is 1. The van der Waals surface area contributed by atoms with Crippen molar-refractivity contribution in [2.75, 3.05) is 32.1 Å². The van der Waals surface area contributed by atoms with E-state index < -0.39 is 11.7 Å². The first kappa shape index (κ1) is 22.5. The second-order valence-electron chi connectivity index (χ2n) is 7.67. The van der Waals surface area contributed by atoms with Gasteiger partial charge in [-0.05, 0) is 44.0 Å². The largest absolute Gasteiger partial charge is 0.417 e. The minimum Gasteiger partial charge on any atom is -0.356 e. The Hall–Kier alpha value is -3.17. The first-order chi connectivity index (χ1) is 14.6. The Morgan fingerprint density at radius 1 is 1.13 bits per heavy atom. The molecule has 7 nitrogen and oxygen atoms in total. The van der Waals surface area contributed by atoms with E-state index in [4.69, 9.17) is 0 Å². The van der Waals surface area contributed by atoms with Crippen LogP contribution in [0.2, 0.25) is 0 Å². The molecule has 3 rings (SSSR count). The Bertz CT molecular complexity index is 952. The number of hydrogen-bond acceptors (Lipinski definition) is 5. The summed E-state index contributed by atoms with van der Waals surface area (Å²) in [6.07, 6.45) is -2.30. The Kier molecular flexibility index (Phi) is 6.47. The molecule has 1 N–H and O–H groups in total. The molecule has 31 heavy (non-hydrogen) atoms. The SMILES string of the molecule is Cc1nc(C(=O)N(C)C)ccc1C(=O)NC1CCN(c2ccc(C(F)(F)F)cn2)CC1. The molecule has 0 unspecified atom stereocenters. The minimum atomic E-state index is -4.41. The highest BCUT2D eigenvalue weighted by molar-refractivity contribution is 5.97. The standard InChI is InChI=1S/C21H24F3N5O2/c1-13-16(5-6-17(26-13)20(31)28(2)3)19(30)27-15-8-10-29(11-9-15)18-7-4-14(12-25-18)21(22,23)24/h4-7,12,15H,8-11H2,1-3H3,(H,27,30). The van der Waals surface area contributed by atoms with Gasteiger partial charge in [-0.1, -0.05) is 0 Å². The summed E-state index contributed by atoms with van der Waals surface area (Å²) in [5.41, 5.74) is 0.371. The fourth-order valence-corrected chi connectivity index (χ4v) is 3.41. The number of piperidine rings is 1. The highest BCUT2D eigenvalue weighted by Crippen LogP contribution is 2.29. The van der Waals surface area contributed by atoms with Crippen molar-refractivity contribution in [2.24, 2.45) is 0 Å². The Labute approximate surface area is 178 Å². The number of aromatic nitrogens is 2. The average Bonchev–Trinajstić information content (AvgIpc) is 2.73. The van der Waals surface area contributed by atoms with Gasteiger partial charge in [0.2, 0.25) is 0 Å². The van der Waals surface area contributed by atoms with Crippen molar-refractivity contribution in [3.8, 4) is 0 Å².